The van der Waals surface area contributed by atoms with Crippen molar-refractivity contribution in [1.29, 1.82) is 0 Å². The number of H-pyrrole nitrogens is 1. The Balaban J connectivity index is 1.50. The highest BCUT2D eigenvalue weighted by molar-refractivity contribution is 7.89. The monoisotopic (exact) mass is 396 g/mol. The fourth-order valence-electron chi connectivity index (χ4n) is 3.17. The first-order chi connectivity index (χ1) is 13.4. The van der Waals surface area contributed by atoms with Gasteiger partial charge in [-0.05, 0) is 35.7 Å². The lowest BCUT2D eigenvalue weighted by atomic mass is 10.1. The number of sulfone groups is 1. The minimum absolute atomic E-state index is 0.00212. The van der Waals surface area contributed by atoms with Crippen molar-refractivity contribution < 1.29 is 12.8 Å². The van der Waals surface area contributed by atoms with E-state index in [-0.39, 0.29) is 5.75 Å². The summed E-state index contributed by atoms with van der Waals surface area (Å²) in [6, 6.07) is 14.6. The van der Waals surface area contributed by atoms with E-state index in [0.717, 1.165) is 22.0 Å². The number of nitrogens with two attached hydrogens (primary N) is 1. The minimum Gasteiger partial charge on any atom is -0.419 e. The maximum Gasteiger partial charge on any atom is 0.247 e. The maximum atomic E-state index is 11.4. The summed E-state index contributed by atoms with van der Waals surface area (Å²) in [5.74, 6) is 0.716. The topological polar surface area (TPSA) is 115 Å². The summed E-state index contributed by atoms with van der Waals surface area (Å²) in [6.45, 7) is 0. The molecule has 0 amide bonds. The van der Waals surface area contributed by atoms with Crippen molar-refractivity contribution in [2.24, 2.45) is 5.73 Å². The largest absolute Gasteiger partial charge is 0.419 e. The zero-order valence-electron chi connectivity index (χ0n) is 15.3. The van der Waals surface area contributed by atoms with Crippen LogP contribution in [0.25, 0.3) is 22.4 Å². The molecule has 4 rings (SSSR count). The Morgan fingerprint density at radius 3 is 2.61 bits per heavy atom. The Kier molecular flexibility index (Phi) is 4.74. The van der Waals surface area contributed by atoms with Crippen LogP contribution in [0, 0.1) is 0 Å². The molecule has 0 radical (unpaired) electrons. The van der Waals surface area contributed by atoms with Gasteiger partial charge in [0.2, 0.25) is 11.8 Å². The van der Waals surface area contributed by atoms with E-state index in [4.69, 9.17) is 10.2 Å². The van der Waals surface area contributed by atoms with Crippen molar-refractivity contribution in [3.05, 3.63) is 71.7 Å². The Morgan fingerprint density at radius 1 is 1.11 bits per heavy atom. The highest BCUT2D eigenvalue weighted by Gasteiger charge is 2.18. The van der Waals surface area contributed by atoms with Gasteiger partial charge in [0.25, 0.3) is 0 Å². The first kappa shape index (κ1) is 18.4. The van der Waals surface area contributed by atoms with Crippen LogP contribution in [0.4, 0.5) is 0 Å². The second-order valence-corrected chi connectivity index (χ2v) is 9.02. The van der Waals surface area contributed by atoms with Crippen molar-refractivity contribution >= 4 is 20.7 Å². The number of hydrogen-bond acceptors (Lipinski definition) is 6. The third-order valence-electron chi connectivity index (χ3n) is 4.50. The molecular formula is C20H20N4O3S. The van der Waals surface area contributed by atoms with Gasteiger partial charge < -0.3 is 15.1 Å². The van der Waals surface area contributed by atoms with Crippen molar-refractivity contribution in [3.8, 4) is 11.5 Å². The SMILES string of the molecule is CS(=O)(=O)Cc1ccc(-c2nnc([C@@H](N)Cc3c[nH]c4ccccc34)o2)cc1. The summed E-state index contributed by atoms with van der Waals surface area (Å²) in [7, 11) is -3.07. The predicted octanol–water partition coefficient (Wildman–Crippen LogP) is 3.01. The summed E-state index contributed by atoms with van der Waals surface area (Å²) < 4.78 is 28.5. The number of benzene rings is 2. The average Bonchev–Trinajstić information content (AvgIpc) is 3.29. The molecule has 2 aromatic heterocycles. The van der Waals surface area contributed by atoms with Gasteiger partial charge >= 0.3 is 0 Å². The third-order valence-corrected chi connectivity index (χ3v) is 5.36. The second kappa shape index (κ2) is 7.21. The number of nitrogens with one attached hydrogen (secondary N) is 1. The third kappa shape index (κ3) is 3.97. The summed E-state index contributed by atoms with van der Waals surface area (Å²) in [5, 5.41) is 9.29. The molecule has 28 heavy (non-hydrogen) atoms. The molecular weight excluding hydrogens is 376 g/mol. The van der Waals surface area contributed by atoms with Crippen LogP contribution in [0.15, 0.2) is 59.1 Å². The van der Waals surface area contributed by atoms with Gasteiger partial charge in [0.15, 0.2) is 9.84 Å². The molecule has 3 N–H and O–H groups in total. The van der Waals surface area contributed by atoms with Gasteiger partial charge in [0.05, 0.1) is 11.8 Å². The van der Waals surface area contributed by atoms with E-state index in [9.17, 15) is 8.42 Å². The molecule has 2 heterocycles. The average molecular weight is 396 g/mol. The van der Waals surface area contributed by atoms with Crippen molar-refractivity contribution in [1.82, 2.24) is 15.2 Å². The summed E-state index contributed by atoms with van der Waals surface area (Å²) >= 11 is 0. The standard InChI is InChI=1S/C20H20N4O3S/c1-28(25,26)12-13-6-8-14(9-7-13)19-23-24-20(27-19)17(21)10-15-11-22-18-5-3-2-4-16(15)18/h2-9,11,17,22H,10,12,21H2,1H3/t17-/m0/s1. The Bertz CT molecular complexity index is 1210. The first-order valence-corrected chi connectivity index (χ1v) is 10.9. The fraction of sp³-hybridized carbons (Fsp3) is 0.200. The zero-order valence-corrected chi connectivity index (χ0v) is 16.1. The molecule has 0 unspecified atom stereocenters. The van der Waals surface area contributed by atoms with Crippen LogP contribution in [0.5, 0.6) is 0 Å². The molecule has 0 aliphatic carbocycles. The van der Waals surface area contributed by atoms with Gasteiger partial charge in [-0.1, -0.05) is 30.3 Å². The fourth-order valence-corrected chi connectivity index (χ4v) is 3.97. The van der Waals surface area contributed by atoms with Gasteiger partial charge in [0, 0.05) is 28.9 Å². The quantitative estimate of drug-likeness (QED) is 0.518. The number of aromatic amines is 1. The highest BCUT2D eigenvalue weighted by Crippen LogP contribution is 2.25. The van der Waals surface area contributed by atoms with Gasteiger partial charge in [-0.15, -0.1) is 10.2 Å². The number of aromatic nitrogens is 3. The van der Waals surface area contributed by atoms with Crippen LogP contribution in [-0.2, 0) is 22.0 Å². The number of rotatable bonds is 6. The molecule has 0 bridgehead atoms. The molecule has 0 saturated carbocycles. The van der Waals surface area contributed by atoms with E-state index in [1.807, 2.05) is 30.5 Å². The van der Waals surface area contributed by atoms with E-state index in [2.05, 4.69) is 15.2 Å². The van der Waals surface area contributed by atoms with Crippen LogP contribution >= 0.6 is 0 Å². The number of para-hydroxylation sites is 1. The summed E-state index contributed by atoms with van der Waals surface area (Å²) in [5.41, 5.74) is 9.86. The Labute approximate surface area is 162 Å². The van der Waals surface area contributed by atoms with E-state index in [1.54, 1.807) is 24.3 Å². The highest BCUT2D eigenvalue weighted by atomic mass is 32.2. The lowest BCUT2D eigenvalue weighted by Gasteiger charge is -2.06. The van der Waals surface area contributed by atoms with Gasteiger partial charge in [0.1, 0.15) is 0 Å². The molecule has 144 valence electrons. The van der Waals surface area contributed by atoms with Crippen LogP contribution in [0.1, 0.15) is 23.1 Å². The van der Waals surface area contributed by atoms with Crippen molar-refractivity contribution in [3.63, 3.8) is 0 Å². The number of hydrogen-bond donors (Lipinski definition) is 2. The van der Waals surface area contributed by atoms with Crippen LogP contribution in [-0.4, -0.2) is 29.9 Å². The molecule has 0 aliphatic rings. The Hall–Kier alpha value is -2.97. The predicted molar refractivity (Wildman–Crippen MR) is 107 cm³/mol. The minimum atomic E-state index is -3.07. The molecule has 8 heteroatoms. The van der Waals surface area contributed by atoms with Crippen molar-refractivity contribution in [2.75, 3.05) is 6.26 Å². The molecule has 0 aliphatic heterocycles. The van der Waals surface area contributed by atoms with E-state index in [0.29, 0.717) is 23.8 Å². The molecule has 0 saturated heterocycles. The normalized spacial score (nSPS) is 13.1. The lowest BCUT2D eigenvalue weighted by Crippen LogP contribution is -2.13. The van der Waals surface area contributed by atoms with Crippen molar-refractivity contribution in [2.45, 2.75) is 18.2 Å². The summed E-state index contributed by atoms with van der Waals surface area (Å²) in [4.78, 5) is 3.23. The molecule has 2 aromatic carbocycles. The van der Waals surface area contributed by atoms with E-state index < -0.39 is 15.9 Å². The van der Waals surface area contributed by atoms with Crippen LogP contribution in [0.3, 0.4) is 0 Å². The Morgan fingerprint density at radius 2 is 1.86 bits per heavy atom. The van der Waals surface area contributed by atoms with E-state index >= 15 is 0 Å². The second-order valence-electron chi connectivity index (χ2n) is 6.88. The van der Waals surface area contributed by atoms with Gasteiger partial charge in [-0.3, -0.25) is 0 Å². The molecule has 0 spiro atoms. The summed E-state index contributed by atoms with van der Waals surface area (Å²) in [6.07, 6.45) is 3.72. The smallest absolute Gasteiger partial charge is 0.247 e. The number of nitrogens with zero attached hydrogens (tertiary/aromatic N) is 2. The van der Waals surface area contributed by atoms with Gasteiger partial charge in [-0.2, -0.15) is 0 Å². The molecule has 7 nitrogen and oxygen atoms in total. The molecule has 4 aromatic rings. The first-order valence-electron chi connectivity index (χ1n) is 8.80. The molecule has 0 fully saturated rings. The van der Waals surface area contributed by atoms with Gasteiger partial charge in [-0.25, -0.2) is 8.42 Å². The van der Waals surface area contributed by atoms with Crippen LogP contribution in [0.2, 0.25) is 0 Å². The van der Waals surface area contributed by atoms with E-state index in [1.165, 1.54) is 6.26 Å². The zero-order chi connectivity index (χ0) is 19.7. The number of fused-ring (bicyclic) bond motifs is 1. The lowest BCUT2D eigenvalue weighted by molar-refractivity contribution is 0.457. The van der Waals surface area contributed by atoms with Crippen LogP contribution < -0.4 is 5.73 Å². The maximum absolute atomic E-state index is 11.4. The molecule has 1 atom stereocenters.